The summed E-state index contributed by atoms with van der Waals surface area (Å²) >= 11 is 1.84. The van der Waals surface area contributed by atoms with Crippen molar-refractivity contribution in [3.8, 4) is 0 Å². The van der Waals surface area contributed by atoms with Crippen LogP contribution in [-0.2, 0) is 4.43 Å². The number of thioether (sulfide) groups is 1. The highest BCUT2D eigenvalue weighted by molar-refractivity contribution is 8.00. The number of carbonyl (C=O) groups excluding carboxylic acids is 1. The molecule has 0 bridgehead atoms. The molecule has 170 valence electrons. The van der Waals surface area contributed by atoms with E-state index in [4.69, 9.17) is 4.43 Å². The molecule has 4 nitrogen and oxygen atoms in total. The van der Waals surface area contributed by atoms with Gasteiger partial charge < -0.3 is 9.33 Å². The molecule has 3 rings (SSSR count). The first kappa shape index (κ1) is 24.0. The third-order valence-corrected chi connectivity index (χ3v) is 14.0. The van der Waals surface area contributed by atoms with E-state index in [9.17, 15) is 4.79 Å². The van der Waals surface area contributed by atoms with Crippen molar-refractivity contribution in [3.05, 3.63) is 42.0 Å². The number of nitrogens with zero attached hydrogens (tertiary/aromatic N) is 2. The molecule has 31 heavy (non-hydrogen) atoms. The Bertz CT molecular complexity index is 870. The van der Waals surface area contributed by atoms with Crippen LogP contribution in [0.4, 0.5) is 16.2 Å². The molecule has 2 aliphatic rings. The standard InChI is InChI=1S/C25H38N2O2SSi/c1-16(2)31(17(3)4,18(5)6)29-25(28)27-21-12-10-19(7)14-23(21)30-24-15-20(26(8)9)11-13-22(24)27/h10-18,21,23H,1-9H3. The summed E-state index contributed by atoms with van der Waals surface area (Å²) < 4.78 is 6.62. The number of hydrogen-bond donors (Lipinski definition) is 0. The minimum atomic E-state index is -2.34. The summed E-state index contributed by atoms with van der Waals surface area (Å²) in [6.07, 6.45) is 6.38. The van der Waals surface area contributed by atoms with Gasteiger partial charge in [0, 0.05) is 24.7 Å². The van der Waals surface area contributed by atoms with Crippen molar-refractivity contribution in [2.75, 3.05) is 23.9 Å². The quantitative estimate of drug-likeness (QED) is 0.436. The Balaban J connectivity index is 2.07. The zero-order chi connectivity index (χ0) is 23.1. The maximum Gasteiger partial charge on any atom is 0.401 e. The predicted molar refractivity (Wildman–Crippen MR) is 137 cm³/mol. The minimum Gasteiger partial charge on any atom is -0.502 e. The second-order valence-corrected chi connectivity index (χ2v) is 16.5. The molecule has 1 aliphatic carbocycles. The smallest absolute Gasteiger partial charge is 0.401 e. The first-order valence-electron chi connectivity index (χ1n) is 11.4. The highest BCUT2D eigenvalue weighted by Gasteiger charge is 2.50. The summed E-state index contributed by atoms with van der Waals surface area (Å²) in [6, 6.07) is 6.33. The van der Waals surface area contributed by atoms with Crippen molar-refractivity contribution in [2.24, 2.45) is 0 Å². The Morgan fingerprint density at radius 2 is 1.71 bits per heavy atom. The number of carbonyl (C=O) groups is 1. The van der Waals surface area contributed by atoms with E-state index in [0.717, 1.165) is 16.3 Å². The van der Waals surface area contributed by atoms with Crippen LogP contribution in [0.25, 0.3) is 0 Å². The number of anilines is 2. The van der Waals surface area contributed by atoms with Crippen molar-refractivity contribution in [1.29, 1.82) is 0 Å². The molecule has 0 spiro atoms. The summed E-state index contributed by atoms with van der Waals surface area (Å²) in [6.45, 7) is 15.4. The van der Waals surface area contributed by atoms with Gasteiger partial charge in [-0.25, -0.2) is 4.79 Å². The van der Waals surface area contributed by atoms with Gasteiger partial charge in [-0.05, 0) is 41.7 Å². The molecule has 6 heteroatoms. The molecule has 1 amide bonds. The van der Waals surface area contributed by atoms with Crippen LogP contribution in [0.5, 0.6) is 0 Å². The Morgan fingerprint density at radius 1 is 1.10 bits per heavy atom. The molecule has 1 aliphatic heterocycles. The van der Waals surface area contributed by atoms with Crippen LogP contribution in [-0.4, -0.2) is 39.8 Å². The molecule has 0 saturated carbocycles. The zero-order valence-corrected chi connectivity index (χ0v) is 22.3. The van der Waals surface area contributed by atoms with E-state index >= 15 is 0 Å². The molecule has 1 heterocycles. The Hall–Kier alpha value is -1.66. The highest BCUT2D eigenvalue weighted by Crippen LogP contribution is 2.48. The monoisotopic (exact) mass is 458 g/mol. The van der Waals surface area contributed by atoms with Gasteiger partial charge >= 0.3 is 6.09 Å². The number of fused-ring (bicyclic) bond motifs is 2. The Kier molecular flexibility index (Phi) is 7.01. The molecule has 1 aromatic rings. The van der Waals surface area contributed by atoms with Crippen molar-refractivity contribution in [2.45, 2.75) is 81.3 Å². The molecular weight excluding hydrogens is 420 g/mol. The first-order chi connectivity index (χ1) is 14.5. The molecule has 2 atom stereocenters. The first-order valence-corrected chi connectivity index (χ1v) is 14.4. The van der Waals surface area contributed by atoms with E-state index < -0.39 is 8.32 Å². The SMILES string of the molecule is CC1=CC2Sc3cc(N(C)C)ccc3N(C(=O)O[Si](C(C)C)(C(C)C)C(C)C)C2C=C1. The van der Waals surface area contributed by atoms with E-state index in [2.05, 4.69) is 89.8 Å². The van der Waals surface area contributed by atoms with Crippen molar-refractivity contribution in [1.82, 2.24) is 0 Å². The maximum atomic E-state index is 13.9. The van der Waals surface area contributed by atoms with E-state index in [0.29, 0.717) is 16.6 Å². The molecule has 0 fully saturated rings. The lowest BCUT2D eigenvalue weighted by atomic mass is 10.0. The molecule has 1 aromatic carbocycles. The van der Waals surface area contributed by atoms with Gasteiger partial charge in [-0.1, -0.05) is 65.3 Å². The second kappa shape index (κ2) is 9.06. The lowest BCUT2D eigenvalue weighted by Gasteiger charge is -2.45. The summed E-state index contributed by atoms with van der Waals surface area (Å²) in [5, 5.41) is 0.190. The van der Waals surface area contributed by atoms with Crippen LogP contribution in [0.15, 0.2) is 46.9 Å². The fraction of sp³-hybridized carbons (Fsp3) is 0.560. The van der Waals surface area contributed by atoms with Crippen LogP contribution in [0, 0.1) is 0 Å². The highest BCUT2D eigenvalue weighted by atomic mass is 32.2. The second-order valence-electron chi connectivity index (χ2n) is 9.94. The number of allylic oxidation sites excluding steroid dienone is 2. The zero-order valence-electron chi connectivity index (χ0n) is 20.5. The predicted octanol–water partition coefficient (Wildman–Crippen LogP) is 7.23. The van der Waals surface area contributed by atoms with Gasteiger partial charge in [-0.15, -0.1) is 11.8 Å². The van der Waals surface area contributed by atoms with Crippen LogP contribution in [0.3, 0.4) is 0 Å². The molecule has 0 aromatic heterocycles. The van der Waals surface area contributed by atoms with E-state index in [1.165, 1.54) is 5.57 Å². The van der Waals surface area contributed by atoms with Crippen molar-refractivity contribution >= 4 is 37.5 Å². The fourth-order valence-electron chi connectivity index (χ4n) is 5.27. The number of rotatable bonds is 5. The van der Waals surface area contributed by atoms with E-state index in [-0.39, 0.29) is 17.4 Å². The van der Waals surface area contributed by atoms with Crippen LogP contribution in [0.1, 0.15) is 48.5 Å². The van der Waals surface area contributed by atoms with Gasteiger partial charge in [-0.2, -0.15) is 0 Å². The topological polar surface area (TPSA) is 32.8 Å². The van der Waals surface area contributed by atoms with Gasteiger partial charge in [0.25, 0.3) is 8.32 Å². The summed E-state index contributed by atoms with van der Waals surface area (Å²) in [4.78, 5) is 19.1. The van der Waals surface area contributed by atoms with Crippen LogP contribution < -0.4 is 9.80 Å². The Labute approximate surface area is 193 Å². The van der Waals surface area contributed by atoms with Gasteiger partial charge in [-0.3, -0.25) is 4.90 Å². The number of benzene rings is 1. The summed E-state index contributed by atoms with van der Waals surface area (Å²) in [5.74, 6) is 0. The van der Waals surface area contributed by atoms with E-state index in [1.54, 1.807) is 0 Å². The van der Waals surface area contributed by atoms with Crippen molar-refractivity contribution in [3.63, 3.8) is 0 Å². The largest absolute Gasteiger partial charge is 0.502 e. The normalized spacial score (nSPS) is 20.6. The average molecular weight is 459 g/mol. The molecule has 0 N–H and O–H groups in total. The Morgan fingerprint density at radius 3 is 2.26 bits per heavy atom. The third kappa shape index (κ3) is 4.33. The van der Waals surface area contributed by atoms with E-state index in [1.807, 2.05) is 30.8 Å². The van der Waals surface area contributed by atoms with Gasteiger partial charge in [0.1, 0.15) is 0 Å². The molecule has 2 unspecified atom stereocenters. The summed E-state index contributed by atoms with van der Waals surface area (Å²) in [5.41, 5.74) is 4.40. The van der Waals surface area contributed by atoms with Crippen LogP contribution in [0.2, 0.25) is 16.6 Å². The van der Waals surface area contributed by atoms with Crippen LogP contribution >= 0.6 is 11.8 Å². The molecule has 0 saturated heterocycles. The lowest BCUT2D eigenvalue weighted by Crippen LogP contribution is -2.55. The number of amides is 1. The minimum absolute atomic E-state index is 0.0305. The van der Waals surface area contributed by atoms with Gasteiger partial charge in [0.05, 0.1) is 17.0 Å². The average Bonchev–Trinajstić information content (AvgIpc) is 2.68. The summed E-state index contributed by atoms with van der Waals surface area (Å²) in [7, 11) is 1.75. The van der Waals surface area contributed by atoms with Crippen molar-refractivity contribution < 1.29 is 9.22 Å². The van der Waals surface area contributed by atoms with Gasteiger partial charge in [0.2, 0.25) is 0 Å². The fourth-order valence-corrected chi connectivity index (χ4v) is 11.8. The molecular formula is C25H38N2O2SSi. The van der Waals surface area contributed by atoms with Gasteiger partial charge in [0.15, 0.2) is 0 Å². The maximum absolute atomic E-state index is 13.9. The molecule has 0 radical (unpaired) electrons. The third-order valence-electron chi connectivity index (χ3n) is 6.77. The number of hydrogen-bond acceptors (Lipinski definition) is 4. The lowest BCUT2D eigenvalue weighted by molar-refractivity contribution is 0.199.